The summed E-state index contributed by atoms with van der Waals surface area (Å²) in [7, 11) is 2.00. The van der Waals surface area contributed by atoms with Crippen LogP contribution in [0.4, 0.5) is 0 Å². The highest BCUT2D eigenvalue weighted by molar-refractivity contribution is 5.79. The minimum Gasteiger partial charge on any atom is -0.368 e. The van der Waals surface area contributed by atoms with Gasteiger partial charge in [-0.3, -0.25) is 9.69 Å². The molecule has 70 valence electrons. The molecule has 0 radical (unpaired) electrons. The molecule has 0 bridgehead atoms. The van der Waals surface area contributed by atoms with E-state index in [1.807, 2.05) is 14.0 Å². The molecule has 1 rings (SSSR count). The van der Waals surface area contributed by atoms with Gasteiger partial charge in [0.05, 0.1) is 6.04 Å². The Kier molecular flexibility index (Phi) is 3.09. The summed E-state index contributed by atoms with van der Waals surface area (Å²) < 4.78 is 0. The maximum atomic E-state index is 11.0. The van der Waals surface area contributed by atoms with Gasteiger partial charge in [-0.05, 0) is 26.3 Å². The zero-order valence-corrected chi connectivity index (χ0v) is 7.92. The summed E-state index contributed by atoms with van der Waals surface area (Å²) in [6.45, 7) is 2.00. The van der Waals surface area contributed by atoms with Gasteiger partial charge in [-0.2, -0.15) is 0 Å². The quantitative estimate of drug-likeness (QED) is 0.676. The molecule has 0 aromatic heterocycles. The van der Waals surface area contributed by atoms with Crippen molar-refractivity contribution in [2.24, 2.45) is 5.73 Å². The van der Waals surface area contributed by atoms with Crippen molar-refractivity contribution >= 4 is 5.91 Å². The van der Waals surface area contributed by atoms with Crippen LogP contribution in [0.2, 0.25) is 0 Å². The van der Waals surface area contributed by atoms with Crippen molar-refractivity contribution in [3.8, 4) is 0 Å². The normalized spacial score (nSPS) is 20.6. The van der Waals surface area contributed by atoms with E-state index in [1.165, 1.54) is 19.3 Å². The first-order valence-electron chi connectivity index (χ1n) is 4.68. The van der Waals surface area contributed by atoms with Crippen molar-refractivity contribution in [3.05, 3.63) is 0 Å². The third-order valence-corrected chi connectivity index (χ3v) is 2.86. The van der Waals surface area contributed by atoms with Gasteiger partial charge in [0.15, 0.2) is 0 Å². The van der Waals surface area contributed by atoms with E-state index in [0.29, 0.717) is 6.04 Å². The Balaban J connectivity index is 2.46. The molecule has 0 heterocycles. The third-order valence-electron chi connectivity index (χ3n) is 2.86. The van der Waals surface area contributed by atoms with Crippen molar-refractivity contribution < 1.29 is 4.79 Å². The Morgan fingerprint density at radius 2 is 2.25 bits per heavy atom. The van der Waals surface area contributed by atoms with Crippen molar-refractivity contribution in [3.63, 3.8) is 0 Å². The Morgan fingerprint density at radius 1 is 1.67 bits per heavy atom. The Bertz CT molecular complexity index is 166. The molecule has 1 atom stereocenters. The van der Waals surface area contributed by atoms with Crippen LogP contribution in [0.15, 0.2) is 0 Å². The minimum absolute atomic E-state index is 0.0599. The number of amides is 1. The Hall–Kier alpha value is -0.570. The fourth-order valence-electron chi connectivity index (χ4n) is 1.74. The topological polar surface area (TPSA) is 46.3 Å². The molecular formula is C9H18N2O. The number of nitrogens with two attached hydrogens (primary N) is 1. The first-order chi connectivity index (χ1) is 5.66. The Labute approximate surface area is 73.9 Å². The predicted octanol–water partition coefficient (Wildman–Crippen LogP) is 0.735. The van der Waals surface area contributed by atoms with Gasteiger partial charge in [-0.25, -0.2) is 0 Å². The average Bonchev–Trinajstić information content (AvgIpc) is 1.83. The van der Waals surface area contributed by atoms with E-state index >= 15 is 0 Å². The monoisotopic (exact) mass is 170 g/mol. The van der Waals surface area contributed by atoms with Gasteiger partial charge in [0, 0.05) is 6.04 Å². The first-order valence-corrected chi connectivity index (χ1v) is 4.68. The summed E-state index contributed by atoms with van der Waals surface area (Å²) >= 11 is 0. The number of hydrogen-bond acceptors (Lipinski definition) is 2. The number of rotatable bonds is 4. The van der Waals surface area contributed by atoms with Crippen LogP contribution in [0.3, 0.4) is 0 Å². The second kappa shape index (κ2) is 3.90. The molecule has 0 saturated heterocycles. The molecule has 12 heavy (non-hydrogen) atoms. The molecule has 0 aliphatic heterocycles. The highest BCUT2D eigenvalue weighted by atomic mass is 16.1. The van der Waals surface area contributed by atoms with Crippen molar-refractivity contribution in [1.29, 1.82) is 0 Å². The lowest BCUT2D eigenvalue weighted by Gasteiger charge is -2.38. The van der Waals surface area contributed by atoms with Crippen molar-refractivity contribution in [2.45, 2.75) is 44.7 Å². The maximum absolute atomic E-state index is 11.0. The number of likely N-dealkylation sites (N-methyl/N-ethyl adjacent to an activating group) is 1. The SMILES string of the molecule is CCC(C(N)=O)N(C)C1CCC1. The van der Waals surface area contributed by atoms with Crippen molar-refractivity contribution in [2.75, 3.05) is 7.05 Å². The van der Waals surface area contributed by atoms with Gasteiger partial charge in [-0.1, -0.05) is 13.3 Å². The lowest BCUT2D eigenvalue weighted by molar-refractivity contribution is -0.124. The molecular weight excluding hydrogens is 152 g/mol. The number of hydrogen-bond donors (Lipinski definition) is 1. The molecule has 1 saturated carbocycles. The Morgan fingerprint density at radius 3 is 2.50 bits per heavy atom. The van der Waals surface area contributed by atoms with Gasteiger partial charge < -0.3 is 5.73 Å². The van der Waals surface area contributed by atoms with Gasteiger partial charge in [0.1, 0.15) is 0 Å². The molecule has 3 nitrogen and oxygen atoms in total. The molecule has 0 spiro atoms. The molecule has 1 fully saturated rings. The number of nitrogens with zero attached hydrogens (tertiary/aromatic N) is 1. The summed E-state index contributed by atoms with van der Waals surface area (Å²) in [5, 5.41) is 0. The van der Waals surface area contributed by atoms with Crippen LogP contribution in [0.25, 0.3) is 0 Å². The van der Waals surface area contributed by atoms with Crippen LogP contribution in [0.1, 0.15) is 32.6 Å². The van der Waals surface area contributed by atoms with E-state index in [4.69, 9.17) is 5.73 Å². The number of carbonyl (C=O) groups is 1. The summed E-state index contributed by atoms with van der Waals surface area (Å²) in [5.41, 5.74) is 5.28. The molecule has 1 amide bonds. The molecule has 0 aromatic rings. The van der Waals surface area contributed by atoms with E-state index in [1.54, 1.807) is 0 Å². The summed E-state index contributed by atoms with van der Waals surface area (Å²) in [6.07, 6.45) is 4.56. The first kappa shape index (κ1) is 9.52. The summed E-state index contributed by atoms with van der Waals surface area (Å²) in [5.74, 6) is -0.188. The van der Waals surface area contributed by atoms with E-state index < -0.39 is 0 Å². The van der Waals surface area contributed by atoms with Gasteiger partial charge >= 0.3 is 0 Å². The fraction of sp³-hybridized carbons (Fsp3) is 0.889. The molecule has 1 unspecified atom stereocenters. The number of primary amides is 1. The second-order valence-corrected chi connectivity index (χ2v) is 3.58. The lowest BCUT2D eigenvalue weighted by Crippen LogP contribution is -2.49. The number of carbonyl (C=O) groups excluding carboxylic acids is 1. The van der Waals surface area contributed by atoms with Gasteiger partial charge in [0.2, 0.25) is 5.91 Å². The molecule has 1 aliphatic rings. The van der Waals surface area contributed by atoms with Gasteiger partial charge in [0.25, 0.3) is 0 Å². The lowest BCUT2D eigenvalue weighted by atomic mass is 9.90. The summed E-state index contributed by atoms with van der Waals surface area (Å²) in [6, 6.07) is 0.540. The van der Waals surface area contributed by atoms with E-state index in [2.05, 4.69) is 4.90 Å². The smallest absolute Gasteiger partial charge is 0.234 e. The van der Waals surface area contributed by atoms with Gasteiger partial charge in [-0.15, -0.1) is 0 Å². The summed E-state index contributed by atoms with van der Waals surface area (Å²) in [4.78, 5) is 13.1. The molecule has 2 N–H and O–H groups in total. The zero-order valence-electron chi connectivity index (χ0n) is 7.92. The minimum atomic E-state index is -0.188. The third kappa shape index (κ3) is 1.78. The second-order valence-electron chi connectivity index (χ2n) is 3.58. The standard InChI is InChI=1S/C9H18N2O/c1-3-8(9(10)12)11(2)7-5-4-6-7/h7-8H,3-6H2,1-2H3,(H2,10,12). The largest absolute Gasteiger partial charge is 0.368 e. The fourth-order valence-corrected chi connectivity index (χ4v) is 1.74. The predicted molar refractivity (Wildman–Crippen MR) is 48.7 cm³/mol. The highest BCUT2D eigenvalue weighted by Gasteiger charge is 2.29. The average molecular weight is 170 g/mol. The van der Waals surface area contributed by atoms with Crippen LogP contribution >= 0.6 is 0 Å². The van der Waals surface area contributed by atoms with Crippen LogP contribution in [0, 0.1) is 0 Å². The molecule has 0 aromatic carbocycles. The van der Waals surface area contributed by atoms with Crippen LogP contribution in [-0.4, -0.2) is 29.9 Å². The zero-order chi connectivity index (χ0) is 9.14. The van der Waals surface area contributed by atoms with Crippen molar-refractivity contribution in [1.82, 2.24) is 4.90 Å². The van der Waals surface area contributed by atoms with E-state index in [9.17, 15) is 4.79 Å². The maximum Gasteiger partial charge on any atom is 0.234 e. The van der Waals surface area contributed by atoms with Crippen LogP contribution in [0.5, 0.6) is 0 Å². The molecule has 1 aliphatic carbocycles. The molecule has 3 heteroatoms. The van der Waals surface area contributed by atoms with E-state index in [-0.39, 0.29) is 11.9 Å². The van der Waals surface area contributed by atoms with Crippen LogP contribution < -0.4 is 5.73 Å². The highest BCUT2D eigenvalue weighted by Crippen LogP contribution is 2.25. The van der Waals surface area contributed by atoms with Crippen LogP contribution in [-0.2, 0) is 4.79 Å². The van der Waals surface area contributed by atoms with E-state index in [0.717, 1.165) is 6.42 Å².